The molecule has 4 aromatic rings. The van der Waals surface area contributed by atoms with E-state index in [2.05, 4.69) is 25.5 Å². The van der Waals surface area contributed by atoms with Gasteiger partial charge in [0.05, 0.1) is 12.3 Å². The fourth-order valence-electron chi connectivity index (χ4n) is 3.45. The van der Waals surface area contributed by atoms with E-state index >= 15 is 0 Å². The molecule has 0 aliphatic carbocycles. The van der Waals surface area contributed by atoms with Crippen molar-refractivity contribution in [3.8, 4) is 22.0 Å². The van der Waals surface area contributed by atoms with Crippen molar-refractivity contribution >= 4 is 34.5 Å². The van der Waals surface area contributed by atoms with Gasteiger partial charge in [0, 0.05) is 29.7 Å². The lowest BCUT2D eigenvalue weighted by atomic mass is 10.1. The van der Waals surface area contributed by atoms with Gasteiger partial charge in [0.15, 0.2) is 5.82 Å². The number of anilines is 1. The molecule has 9 heteroatoms. The first kappa shape index (κ1) is 20.7. The molecule has 2 aromatic carbocycles. The number of benzene rings is 2. The molecule has 0 spiro atoms. The summed E-state index contributed by atoms with van der Waals surface area (Å²) in [5.74, 6) is 0.291. The van der Waals surface area contributed by atoms with E-state index in [1.165, 1.54) is 17.4 Å². The van der Waals surface area contributed by atoms with Gasteiger partial charge >= 0.3 is 0 Å². The SMILES string of the molecule is O=C(Nc1ccccc1-c1nnc(C2CCOC2)s1)c1cc(Cl)nc(-c2ccccc2)n1. The van der Waals surface area contributed by atoms with Gasteiger partial charge in [-0.15, -0.1) is 10.2 Å². The number of nitrogens with zero attached hydrogens (tertiary/aromatic N) is 4. The van der Waals surface area contributed by atoms with E-state index in [1.807, 2.05) is 54.6 Å². The average Bonchev–Trinajstić information content (AvgIpc) is 3.52. The number of carbonyl (C=O) groups excluding carboxylic acids is 1. The molecule has 1 saturated heterocycles. The molecule has 2 aromatic heterocycles. The largest absolute Gasteiger partial charge is 0.381 e. The summed E-state index contributed by atoms with van der Waals surface area (Å²) in [6.07, 6.45) is 0.950. The van der Waals surface area contributed by atoms with Crippen molar-refractivity contribution in [2.24, 2.45) is 0 Å². The predicted octanol–water partition coefficient (Wildman–Crippen LogP) is 5.07. The highest BCUT2D eigenvalue weighted by Gasteiger charge is 2.23. The zero-order valence-electron chi connectivity index (χ0n) is 16.9. The van der Waals surface area contributed by atoms with Gasteiger partial charge < -0.3 is 10.1 Å². The third-order valence-electron chi connectivity index (χ3n) is 5.08. The second-order valence-corrected chi connectivity index (χ2v) is 8.67. The van der Waals surface area contributed by atoms with Crippen LogP contribution >= 0.6 is 22.9 Å². The van der Waals surface area contributed by atoms with Crippen molar-refractivity contribution in [1.29, 1.82) is 0 Å². The third-order valence-corrected chi connectivity index (χ3v) is 6.40. The molecule has 5 rings (SSSR count). The van der Waals surface area contributed by atoms with Crippen LogP contribution < -0.4 is 5.32 Å². The molecule has 3 heterocycles. The number of hydrogen-bond acceptors (Lipinski definition) is 7. The molecule has 1 aliphatic rings. The number of hydrogen-bond donors (Lipinski definition) is 1. The molecule has 1 fully saturated rings. The summed E-state index contributed by atoms with van der Waals surface area (Å²) in [7, 11) is 0. The van der Waals surface area contributed by atoms with E-state index in [0.717, 1.165) is 34.2 Å². The fraction of sp³-hybridized carbons (Fsp3) is 0.174. The minimum atomic E-state index is -0.382. The van der Waals surface area contributed by atoms with E-state index < -0.39 is 0 Å². The summed E-state index contributed by atoms with van der Waals surface area (Å²) in [4.78, 5) is 21.7. The number of carbonyl (C=O) groups is 1. The fourth-order valence-corrected chi connectivity index (χ4v) is 4.64. The van der Waals surface area contributed by atoms with Crippen LogP contribution in [-0.4, -0.2) is 39.3 Å². The standard InChI is InChI=1S/C23H18ClN5O2S/c24-19-12-18(25-20(27-19)14-6-2-1-3-7-14)21(30)26-17-9-5-4-8-16(17)23-29-28-22(32-23)15-10-11-31-13-15/h1-9,12,15H,10-11,13H2,(H,26,30). The summed E-state index contributed by atoms with van der Waals surface area (Å²) in [5.41, 5.74) is 2.38. The van der Waals surface area contributed by atoms with Crippen LogP contribution in [0, 0.1) is 0 Å². The quantitative estimate of drug-likeness (QED) is 0.415. The topological polar surface area (TPSA) is 89.9 Å². The Balaban J connectivity index is 1.42. The number of ether oxygens (including phenoxy) is 1. The van der Waals surface area contributed by atoms with E-state index in [9.17, 15) is 4.79 Å². The summed E-state index contributed by atoms with van der Waals surface area (Å²) >= 11 is 7.70. The minimum Gasteiger partial charge on any atom is -0.381 e. The maximum absolute atomic E-state index is 13.0. The van der Waals surface area contributed by atoms with Crippen LogP contribution in [0.2, 0.25) is 5.15 Å². The Bertz CT molecular complexity index is 1260. The van der Waals surface area contributed by atoms with Crippen LogP contribution in [0.15, 0.2) is 60.7 Å². The summed E-state index contributed by atoms with van der Waals surface area (Å²) in [5, 5.41) is 13.5. The van der Waals surface area contributed by atoms with E-state index in [1.54, 1.807) is 0 Å². The second kappa shape index (κ2) is 9.12. The first-order valence-electron chi connectivity index (χ1n) is 10.1. The van der Waals surface area contributed by atoms with Gasteiger partial charge in [-0.3, -0.25) is 4.79 Å². The molecule has 1 atom stereocenters. The van der Waals surface area contributed by atoms with Crippen LogP contribution in [0.25, 0.3) is 22.0 Å². The van der Waals surface area contributed by atoms with Crippen molar-refractivity contribution in [2.45, 2.75) is 12.3 Å². The molecule has 160 valence electrons. The Hall–Kier alpha value is -3.20. The molecule has 1 amide bonds. The molecular formula is C23H18ClN5O2S. The molecule has 1 unspecified atom stereocenters. The Morgan fingerprint density at radius 1 is 1.06 bits per heavy atom. The number of rotatable bonds is 5. The normalized spacial score (nSPS) is 15.6. The summed E-state index contributed by atoms with van der Waals surface area (Å²) in [6, 6.07) is 18.3. The highest BCUT2D eigenvalue weighted by atomic mass is 35.5. The average molecular weight is 464 g/mol. The van der Waals surface area contributed by atoms with Crippen LogP contribution in [-0.2, 0) is 4.74 Å². The number of nitrogens with one attached hydrogen (secondary N) is 1. The van der Waals surface area contributed by atoms with Crippen molar-refractivity contribution < 1.29 is 9.53 Å². The monoisotopic (exact) mass is 463 g/mol. The minimum absolute atomic E-state index is 0.180. The smallest absolute Gasteiger partial charge is 0.274 e. The van der Waals surface area contributed by atoms with Crippen LogP contribution in [0.5, 0.6) is 0 Å². The zero-order valence-corrected chi connectivity index (χ0v) is 18.4. The third kappa shape index (κ3) is 4.38. The molecule has 32 heavy (non-hydrogen) atoms. The lowest BCUT2D eigenvalue weighted by Crippen LogP contribution is -2.15. The number of amides is 1. The van der Waals surface area contributed by atoms with E-state index in [0.29, 0.717) is 18.1 Å². The summed E-state index contributed by atoms with van der Waals surface area (Å²) in [6.45, 7) is 1.42. The van der Waals surface area contributed by atoms with Crippen LogP contribution in [0.1, 0.15) is 27.8 Å². The highest BCUT2D eigenvalue weighted by Crippen LogP contribution is 2.35. The maximum Gasteiger partial charge on any atom is 0.274 e. The van der Waals surface area contributed by atoms with Crippen LogP contribution in [0.4, 0.5) is 5.69 Å². The lowest BCUT2D eigenvalue weighted by molar-refractivity contribution is 0.102. The maximum atomic E-state index is 13.0. The molecule has 1 N–H and O–H groups in total. The molecular weight excluding hydrogens is 446 g/mol. The molecule has 0 saturated carbocycles. The van der Waals surface area contributed by atoms with Gasteiger partial charge in [-0.05, 0) is 18.6 Å². The van der Waals surface area contributed by atoms with Gasteiger partial charge in [-0.1, -0.05) is 65.4 Å². The Morgan fingerprint density at radius 2 is 1.88 bits per heavy atom. The van der Waals surface area contributed by atoms with Crippen molar-refractivity contribution in [3.63, 3.8) is 0 Å². The van der Waals surface area contributed by atoms with Crippen molar-refractivity contribution in [1.82, 2.24) is 20.2 Å². The number of aromatic nitrogens is 4. The number of halogens is 1. The van der Waals surface area contributed by atoms with E-state index in [4.69, 9.17) is 16.3 Å². The van der Waals surface area contributed by atoms with Gasteiger partial charge in [-0.2, -0.15) is 0 Å². The van der Waals surface area contributed by atoms with E-state index in [-0.39, 0.29) is 22.7 Å². The zero-order chi connectivity index (χ0) is 21.9. The summed E-state index contributed by atoms with van der Waals surface area (Å²) < 4.78 is 5.46. The van der Waals surface area contributed by atoms with Crippen molar-refractivity contribution in [3.05, 3.63) is 76.5 Å². The van der Waals surface area contributed by atoms with Crippen LogP contribution in [0.3, 0.4) is 0 Å². The molecule has 0 bridgehead atoms. The molecule has 0 radical (unpaired) electrons. The Kier molecular flexibility index (Phi) is 5.89. The second-order valence-electron chi connectivity index (χ2n) is 7.27. The predicted molar refractivity (Wildman–Crippen MR) is 124 cm³/mol. The molecule has 1 aliphatic heterocycles. The van der Waals surface area contributed by atoms with Gasteiger partial charge in [0.2, 0.25) is 0 Å². The van der Waals surface area contributed by atoms with Gasteiger partial charge in [0.25, 0.3) is 5.91 Å². The van der Waals surface area contributed by atoms with Gasteiger partial charge in [0.1, 0.15) is 20.9 Å². The lowest BCUT2D eigenvalue weighted by Gasteiger charge is -2.10. The Morgan fingerprint density at radius 3 is 2.69 bits per heavy atom. The Labute approximate surface area is 193 Å². The number of para-hydroxylation sites is 1. The highest BCUT2D eigenvalue weighted by molar-refractivity contribution is 7.14. The van der Waals surface area contributed by atoms with Gasteiger partial charge in [-0.25, -0.2) is 9.97 Å². The van der Waals surface area contributed by atoms with Crippen molar-refractivity contribution in [2.75, 3.05) is 18.5 Å². The first-order chi connectivity index (χ1) is 15.7. The first-order valence-corrected chi connectivity index (χ1v) is 11.3. The molecule has 7 nitrogen and oxygen atoms in total.